The van der Waals surface area contributed by atoms with E-state index >= 15 is 0 Å². The summed E-state index contributed by atoms with van der Waals surface area (Å²) in [6.45, 7) is 0. The fourth-order valence-electron chi connectivity index (χ4n) is 0.911. The van der Waals surface area contributed by atoms with Crippen LogP contribution in [0.25, 0.3) is 0 Å². The van der Waals surface area contributed by atoms with Crippen LogP contribution in [-0.2, 0) is 38.7 Å². The summed E-state index contributed by atoms with van der Waals surface area (Å²) in [5, 5.41) is 1.58. The molecule has 1 aliphatic rings. The molecule has 1 nitrogen and oxygen atoms in total. The van der Waals surface area contributed by atoms with Crippen LogP contribution in [0, 0.1) is 0 Å². The Morgan fingerprint density at radius 2 is 1.85 bits per heavy atom. The van der Waals surface area contributed by atoms with Crippen LogP contribution in [-0.4, -0.2) is 12.6 Å². The molecule has 0 radical (unpaired) electrons. The van der Waals surface area contributed by atoms with Crippen LogP contribution in [0.1, 0.15) is 0 Å². The van der Waals surface area contributed by atoms with Gasteiger partial charge in [-0.25, -0.2) is 0 Å². The van der Waals surface area contributed by atoms with Gasteiger partial charge in [-0.3, -0.25) is 0 Å². The zero-order chi connectivity index (χ0) is 10.2. The Labute approximate surface area is 113 Å². The first-order chi connectivity index (χ1) is 6.00. The molecule has 0 aliphatic carbocycles. The summed E-state index contributed by atoms with van der Waals surface area (Å²) in [6, 6.07) is 0. The molecule has 5 unspecified atom stereocenters. The molecule has 0 spiro atoms. The third-order valence-corrected chi connectivity index (χ3v) is 12.8. The molecule has 0 aromatic rings. The summed E-state index contributed by atoms with van der Waals surface area (Å²) < 4.78 is 5.34. The summed E-state index contributed by atoms with van der Waals surface area (Å²) in [7, 11) is 12.2. The van der Waals surface area contributed by atoms with E-state index in [1.54, 1.807) is 47.9 Å². The minimum absolute atomic E-state index is 0.111. The molecule has 1 aliphatic heterocycles. The summed E-state index contributed by atoms with van der Waals surface area (Å²) in [5.41, 5.74) is 1.49. The van der Waals surface area contributed by atoms with Crippen molar-refractivity contribution in [2.24, 2.45) is 0 Å². The third-order valence-electron chi connectivity index (χ3n) is 1.49. The van der Waals surface area contributed by atoms with Gasteiger partial charge < -0.3 is 0 Å². The Morgan fingerprint density at radius 3 is 2.15 bits per heavy atom. The van der Waals surface area contributed by atoms with Crippen molar-refractivity contribution in [3.05, 3.63) is 10.8 Å². The van der Waals surface area contributed by atoms with Crippen LogP contribution in [0.15, 0.2) is 10.8 Å². The molecule has 0 bridgehead atoms. The van der Waals surface area contributed by atoms with E-state index in [4.69, 9.17) is 0 Å². The van der Waals surface area contributed by atoms with Crippen molar-refractivity contribution >= 4 is 59.7 Å². The molecule has 0 saturated heterocycles. The molecular weight excluding hydrogens is 616 g/mol. The number of rotatable bonds is 2. The van der Waals surface area contributed by atoms with Crippen LogP contribution >= 0.6 is 51.7 Å². The van der Waals surface area contributed by atoms with Crippen molar-refractivity contribution in [2.75, 3.05) is 0 Å². The van der Waals surface area contributed by atoms with Crippen LogP contribution in [0.3, 0.4) is 0 Å². The van der Waals surface area contributed by atoms with Gasteiger partial charge in [0.25, 0.3) is 0 Å². The van der Waals surface area contributed by atoms with E-state index in [1.807, 2.05) is 0 Å². The number of nitrogens with zero attached hydrogens (tertiary/aromatic N) is 1. The minimum atomic E-state index is -0.111. The van der Waals surface area contributed by atoms with Crippen LogP contribution < -0.4 is 0 Å². The predicted molar refractivity (Wildman–Crippen MR) is 73.0 cm³/mol. The molecule has 5 atom stereocenters. The summed E-state index contributed by atoms with van der Waals surface area (Å²) >= 11 is 3.16. The van der Waals surface area contributed by atoms with Crippen molar-refractivity contribution in [1.82, 2.24) is 4.67 Å². The predicted octanol–water partition coefficient (Wildman–Crippen LogP) is 2.19. The summed E-state index contributed by atoms with van der Waals surface area (Å²) in [4.78, 5) is 0. The zero-order valence-electron chi connectivity index (χ0n) is 6.52. The van der Waals surface area contributed by atoms with Crippen LogP contribution in [0.2, 0.25) is 0 Å². The van der Waals surface area contributed by atoms with Gasteiger partial charge in [-0.15, -0.1) is 0 Å². The number of hydrogen-bond acceptors (Lipinski definition) is 1. The third kappa shape index (κ3) is 3.12. The Morgan fingerprint density at radius 1 is 1.31 bits per heavy atom. The van der Waals surface area contributed by atoms with E-state index in [0.717, 1.165) is 8.27 Å². The van der Waals surface area contributed by atoms with Gasteiger partial charge >= 0.3 is 114 Å². The van der Waals surface area contributed by atoms with Crippen molar-refractivity contribution in [1.29, 1.82) is 0 Å². The van der Waals surface area contributed by atoms with Gasteiger partial charge in [0, 0.05) is 0 Å². The fourth-order valence-corrected chi connectivity index (χ4v) is 13.3. The Bertz CT molecular complexity index is 299. The first-order valence-electron chi connectivity index (χ1n) is 3.14. The Balaban J connectivity index is 3.17. The summed E-state index contributed by atoms with van der Waals surface area (Å²) in [6.07, 6.45) is 0. The van der Waals surface area contributed by atoms with Crippen LogP contribution in [0.4, 0.5) is 0 Å². The Hall–Kier alpha value is 3.24. The molecule has 9 heteroatoms. The first-order valence-corrected chi connectivity index (χ1v) is 14.0. The summed E-state index contributed by atoms with van der Waals surface area (Å²) in [5.74, 6) is 0. The van der Waals surface area contributed by atoms with Crippen molar-refractivity contribution in [3.8, 4) is 0 Å². The maximum atomic E-state index is 2.93. The average molecular weight is 625 g/mol. The standard InChI is InChI=1S/C4H9NP6.2W/c6-5-2-1-3(11(8)9)4(5)10-7;;/h10H,6-9H2;;. The quantitative estimate of drug-likeness (QED) is 0.427. The van der Waals surface area contributed by atoms with Gasteiger partial charge in [0.15, 0.2) is 0 Å². The SMILES string of the molecule is PPC1=C(P(P)P)[C](=[W])[C](=[W])N1P. The zero-order valence-corrected chi connectivity index (χ0v) is 18.9. The van der Waals surface area contributed by atoms with E-state index in [0.29, 0.717) is 0 Å². The molecule has 0 N–H and O–H groups in total. The molecule has 0 aromatic heterocycles. The van der Waals surface area contributed by atoms with E-state index < -0.39 is 0 Å². The van der Waals surface area contributed by atoms with Crippen molar-refractivity contribution < 1.29 is 38.7 Å². The molecule has 0 aromatic carbocycles. The van der Waals surface area contributed by atoms with E-state index in [-0.39, 0.29) is 7.30 Å². The maximum absolute atomic E-state index is 2.93. The molecule has 72 valence electrons. The van der Waals surface area contributed by atoms with E-state index in [9.17, 15) is 0 Å². The second-order valence-electron chi connectivity index (χ2n) is 2.25. The van der Waals surface area contributed by atoms with Gasteiger partial charge in [0.1, 0.15) is 0 Å². The molecule has 1 rings (SSSR count). The van der Waals surface area contributed by atoms with Crippen molar-refractivity contribution in [2.45, 2.75) is 0 Å². The molecule has 0 saturated carbocycles. The van der Waals surface area contributed by atoms with Gasteiger partial charge in [0.05, 0.1) is 0 Å². The average Bonchev–Trinajstić information content (AvgIpc) is 2.29. The van der Waals surface area contributed by atoms with E-state index in [2.05, 4.69) is 40.8 Å². The van der Waals surface area contributed by atoms with Gasteiger partial charge in [-0.1, -0.05) is 0 Å². The molecule has 0 amide bonds. The van der Waals surface area contributed by atoms with Crippen LogP contribution in [0.5, 0.6) is 0 Å². The first kappa shape index (κ1) is 14.3. The van der Waals surface area contributed by atoms with Gasteiger partial charge in [0.2, 0.25) is 0 Å². The molecule has 13 heavy (non-hydrogen) atoms. The Kier molecular flexibility index (Phi) is 6.87. The normalized spacial score (nSPS) is 19.0. The molecular formula is C4H9NP6W2. The number of hydrogen-bond donors (Lipinski definition) is 0. The molecule has 1 heterocycles. The monoisotopic (exact) mass is 625 g/mol. The second kappa shape index (κ2) is 6.25. The topological polar surface area (TPSA) is 3.24 Å². The van der Waals surface area contributed by atoms with E-state index in [1.165, 1.54) is 9.46 Å². The molecule has 0 fully saturated rings. The second-order valence-corrected chi connectivity index (χ2v) is 13.6. The van der Waals surface area contributed by atoms with Gasteiger partial charge in [-0.05, 0) is 0 Å². The van der Waals surface area contributed by atoms with Gasteiger partial charge in [-0.2, -0.15) is 0 Å². The van der Waals surface area contributed by atoms with Crippen molar-refractivity contribution in [3.63, 3.8) is 0 Å². The fraction of sp³-hybridized carbons (Fsp3) is 0.